The number of hydrogen-bond donors (Lipinski definition) is 0. The maximum atomic E-state index is 11.1. The van der Waals surface area contributed by atoms with Gasteiger partial charge in [0.2, 0.25) is 0 Å². The number of alkyl halides is 1. The summed E-state index contributed by atoms with van der Waals surface area (Å²) < 4.78 is 5.01. The van der Waals surface area contributed by atoms with Gasteiger partial charge in [0.15, 0.2) is 0 Å². The molecule has 1 fully saturated rings. The van der Waals surface area contributed by atoms with Gasteiger partial charge in [-0.1, -0.05) is 13.8 Å². The highest BCUT2D eigenvalue weighted by Crippen LogP contribution is 2.27. The maximum absolute atomic E-state index is 11.1. The van der Waals surface area contributed by atoms with E-state index < -0.39 is 0 Å². The minimum atomic E-state index is -0.0781. The van der Waals surface area contributed by atoms with Gasteiger partial charge in [0.25, 0.3) is 0 Å². The zero-order valence-electron chi connectivity index (χ0n) is 6.84. The molecule has 0 aromatic carbocycles. The van der Waals surface area contributed by atoms with E-state index in [4.69, 9.17) is 16.3 Å². The van der Waals surface area contributed by atoms with Crippen LogP contribution in [0.15, 0.2) is 0 Å². The fourth-order valence-corrected chi connectivity index (χ4v) is 1.51. The van der Waals surface area contributed by atoms with Crippen LogP contribution in [0.2, 0.25) is 0 Å². The standard InChI is InChI=1S/C8H13ClO2/c1-5(2)7-3-6(4-9)11-8(7)10/h5-7H,3-4H2,1-2H3/t6-,7+/m1/s1. The second-order valence-corrected chi connectivity index (χ2v) is 3.61. The monoisotopic (exact) mass is 176 g/mol. The summed E-state index contributed by atoms with van der Waals surface area (Å²) in [6.45, 7) is 4.06. The summed E-state index contributed by atoms with van der Waals surface area (Å²) in [6.07, 6.45) is 0.747. The van der Waals surface area contributed by atoms with E-state index in [0.717, 1.165) is 6.42 Å². The van der Waals surface area contributed by atoms with Crippen LogP contribution in [-0.4, -0.2) is 18.0 Å². The lowest BCUT2D eigenvalue weighted by Gasteiger charge is -2.07. The van der Waals surface area contributed by atoms with Crippen molar-refractivity contribution in [3.63, 3.8) is 0 Å². The normalized spacial score (nSPS) is 31.1. The fourth-order valence-electron chi connectivity index (χ4n) is 1.32. The summed E-state index contributed by atoms with van der Waals surface area (Å²) in [5.74, 6) is 0.787. The molecule has 0 bridgehead atoms. The summed E-state index contributed by atoms with van der Waals surface area (Å²) >= 11 is 5.57. The number of halogens is 1. The van der Waals surface area contributed by atoms with Crippen molar-refractivity contribution in [1.29, 1.82) is 0 Å². The average Bonchev–Trinajstić information content (AvgIpc) is 2.30. The van der Waals surface area contributed by atoms with Crippen molar-refractivity contribution in [3.05, 3.63) is 0 Å². The molecule has 0 radical (unpaired) electrons. The molecule has 3 heteroatoms. The van der Waals surface area contributed by atoms with Gasteiger partial charge in [0.05, 0.1) is 11.8 Å². The molecular weight excluding hydrogens is 164 g/mol. The molecule has 64 valence electrons. The lowest BCUT2D eigenvalue weighted by molar-refractivity contribution is -0.144. The number of carbonyl (C=O) groups is 1. The molecule has 2 nitrogen and oxygen atoms in total. The molecule has 1 heterocycles. The Bertz CT molecular complexity index is 156. The molecule has 0 spiro atoms. The molecule has 2 atom stereocenters. The van der Waals surface area contributed by atoms with Crippen LogP contribution in [0, 0.1) is 11.8 Å². The zero-order valence-corrected chi connectivity index (χ0v) is 7.60. The van der Waals surface area contributed by atoms with E-state index in [-0.39, 0.29) is 18.0 Å². The first-order chi connectivity index (χ1) is 5.15. The Hall–Kier alpha value is -0.240. The molecule has 1 aliphatic heterocycles. The molecule has 0 N–H and O–H groups in total. The summed E-state index contributed by atoms with van der Waals surface area (Å²) in [5.41, 5.74) is 0. The van der Waals surface area contributed by atoms with E-state index in [1.807, 2.05) is 13.8 Å². The number of cyclic esters (lactones) is 1. The number of esters is 1. The summed E-state index contributed by atoms with van der Waals surface area (Å²) in [7, 11) is 0. The maximum Gasteiger partial charge on any atom is 0.309 e. The predicted molar refractivity (Wildman–Crippen MR) is 43.5 cm³/mol. The predicted octanol–water partition coefficient (Wildman–Crippen LogP) is 1.81. The lowest BCUT2D eigenvalue weighted by Crippen LogP contribution is -2.13. The van der Waals surface area contributed by atoms with Crippen LogP contribution >= 0.6 is 11.6 Å². The minimum absolute atomic E-state index is 0.0448. The van der Waals surface area contributed by atoms with Gasteiger partial charge in [-0.25, -0.2) is 0 Å². The van der Waals surface area contributed by atoms with Crippen LogP contribution in [0.3, 0.4) is 0 Å². The minimum Gasteiger partial charge on any atom is -0.461 e. The van der Waals surface area contributed by atoms with E-state index >= 15 is 0 Å². The molecule has 1 saturated heterocycles. The highest BCUT2D eigenvalue weighted by Gasteiger charge is 2.35. The van der Waals surface area contributed by atoms with Gasteiger partial charge < -0.3 is 4.74 Å². The Morgan fingerprint density at radius 1 is 1.73 bits per heavy atom. The van der Waals surface area contributed by atoms with Crippen LogP contribution in [0.5, 0.6) is 0 Å². The van der Waals surface area contributed by atoms with E-state index in [0.29, 0.717) is 11.8 Å². The Morgan fingerprint density at radius 2 is 2.36 bits per heavy atom. The highest BCUT2D eigenvalue weighted by molar-refractivity contribution is 6.18. The van der Waals surface area contributed by atoms with E-state index in [1.54, 1.807) is 0 Å². The third kappa shape index (κ3) is 1.86. The van der Waals surface area contributed by atoms with Crippen molar-refractivity contribution < 1.29 is 9.53 Å². The van der Waals surface area contributed by atoms with Gasteiger partial charge in [0.1, 0.15) is 6.10 Å². The Balaban J connectivity index is 2.52. The van der Waals surface area contributed by atoms with Gasteiger partial charge in [-0.2, -0.15) is 0 Å². The van der Waals surface area contributed by atoms with Crippen LogP contribution in [0.1, 0.15) is 20.3 Å². The van der Waals surface area contributed by atoms with Crippen LogP contribution in [0.25, 0.3) is 0 Å². The quantitative estimate of drug-likeness (QED) is 0.474. The molecule has 0 aliphatic carbocycles. The molecule has 1 aliphatic rings. The molecule has 0 aromatic heterocycles. The highest BCUT2D eigenvalue weighted by atomic mass is 35.5. The van der Waals surface area contributed by atoms with E-state index in [1.165, 1.54) is 0 Å². The summed E-state index contributed by atoms with van der Waals surface area (Å²) in [4.78, 5) is 11.1. The molecule has 0 unspecified atom stereocenters. The van der Waals surface area contributed by atoms with Crippen LogP contribution in [0.4, 0.5) is 0 Å². The van der Waals surface area contributed by atoms with Crippen molar-refractivity contribution in [3.8, 4) is 0 Å². The van der Waals surface area contributed by atoms with Crippen molar-refractivity contribution >= 4 is 17.6 Å². The Kier molecular flexibility index (Phi) is 2.77. The van der Waals surface area contributed by atoms with Crippen LogP contribution < -0.4 is 0 Å². The topological polar surface area (TPSA) is 26.3 Å². The number of rotatable bonds is 2. The molecular formula is C8H13ClO2. The van der Waals surface area contributed by atoms with Gasteiger partial charge in [-0.05, 0) is 12.3 Å². The van der Waals surface area contributed by atoms with E-state index in [2.05, 4.69) is 0 Å². The third-order valence-electron chi connectivity index (χ3n) is 2.08. The molecule has 0 amide bonds. The van der Waals surface area contributed by atoms with Crippen molar-refractivity contribution in [2.45, 2.75) is 26.4 Å². The molecule has 1 rings (SSSR count). The largest absolute Gasteiger partial charge is 0.461 e. The van der Waals surface area contributed by atoms with Crippen molar-refractivity contribution in [1.82, 2.24) is 0 Å². The van der Waals surface area contributed by atoms with E-state index in [9.17, 15) is 4.79 Å². The SMILES string of the molecule is CC(C)[C@@H]1C[C@H](CCl)OC1=O. The molecule has 11 heavy (non-hydrogen) atoms. The number of hydrogen-bond acceptors (Lipinski definition) is 2. The van der Waals surface area contributed by atoms with Crippen molar-refractivity contribution in [2.75, 3.05) is 5.88 Å². The molecule has 0 aromatic rings. The zero-order chi connectivity index (χ0) is 8.43. The Labute approximate surface area is 71.9 Å². The van der Waals surface area contributed by atoms with Gasteiger partial charge in [-0.3, -0.25) is 4.79 Å². The van der Waals surface area contributed by atoms with Crippen LogP contribution in [-0.2, 0) is 9.53 Å². The lowest BCUT2D eigenvalue weighted by atomic mass is 9.93. The second kappa shape index (κ2) is 3.44. The van der Waals surface area contributed by atoms with Crippen molar-refractivity contribution in [2.24, 2.45) is 11.8 Å². The first kappa shape index (κ1) is 8.85. The first-order valence-corrected chi connectivity index (χ1v) is 4.45. The fraction of sp³-hybridized carbons (Fsp3) is 0.875. The Morgan fingerprint density at radius 3 is 2.64 bits per heavy atom. The molecule has 0 saturated carbocycles. The average molecular weight is 177 g/mol. The third-order valence-corrected chi connectivity index (χ3v) is 2.42. The summed E-state index contributed by atoms with van der Waals surface area (Å²) in [5, 5.41) is 0. The number of carbonyl (C=O) groups excluding carboxylic acids is 1. The second-order valence-electron chi connectivity index (χ2n) is 3.30. The smallest absolute Gasteiger partial charge is 0.309 e. The van der Waals surface area contributed by atoms with Gasteiger partial charge in [-0.15, -0.1) is 11.6 Å². The van der Waals surface area contributed by atoms with Gasteiger partial charge in [0, 0.05) is 0 Å². The first-order valence-electron chi connectivity index (χ1n) is 3.91. The van der Waals surface area contributed by atoms with Gasteiger partial charge >= 0.3 is 5.97 Å². The summed E-state index contributed by atoms with van der Waals surface area (Å²) in [6, 6.07) is 0. The number of ether oxygens (including phenoxy) is 1.